The van der Waals surface area contributed by atoms with E-state index in [2.05, 4.69) is 19.1 Å². The molecule has 2 atom stereocenters. The number of benzene rings is 1. The van der Waals surface area contributed by atoms with E-state index in [1.807, 2.05) is 12.1 Å². The summed E-state index contributed by atoms with van der Waals surface area (Å²) in [6.07, 6.45) is 2.69. The van der Waals surface area contributed by atoms with Crippen LogP contribution in [0.1, 0.15) is 37.0 Å². The normalized spacial score (nSPS) is 21.8. The first-order valence-electron chi connectivity index (χ1n) is 6.77. The fourth-order valence-electron chi connectivity index (χ4n) is 2.17. The van der Waals surface area contributed by atoms with Crippen LogP contribution >= 0.6 is 0 Å². The lowest BCUT2D eigenvalue weighted by Gasteiger charge is -2.27. The van der Waals surface area contributed by atoms with E-state index < -0.39 is 6.10 Å². The molecule has 0 radical (unpaired) electrons. The lowest BCUT2D eigenvalue weighted by atomic mass is 10.0. The summed E-state index contributed by atoms with van der Waals surface area (Å²) in [4.78, 5) is 0. The summed E-state index contributed by atoms with van der Waals surface area (Å²) in [7, 11) is 0. The average Bonchev–Trinajstić information content (AvgIpc) is 2.46. The van der Waals surface area contributed by atoms with Crippen molar-refractivity contribution in [3.05, 3.63) is 35.4 Å². The maximum atomic E-state index is 10.2. The fourth-order valence-corrected chi connectivity index (χ4v) is 2.17. The highest BCUT2D eigenvalue weighted by Crippen LogP contribution is 2.22. The van der Waals surface area contributed by atoms with Gasteiger partial charge in [0.2, 0.25) is 0 Å². The summed E-state index contributed by atoms with van der Waals surface area (Å²) in [5.74, 6) is 0. The molecule has 3 nitrogen and oxygen atoms in total. The summed E-state index contributed by atoms with van der Waals surface area (Å²) in [6, 6.07) is 8.18. The van der Waals surface area contributed by atoms with Gasteiger partial charge in [-0.25, -0.2) is 0 Å². The van der Waals surface area contributed by atoms with Crippen LogP contribution in [0.25, 0.3) is 0 Å². The average molecular weight is 250 g/mol. The molecule has 100 valence electrons. The van der Waals surface area contributed by atoms with Gasteiger partial charge in [0.1, 0.15) is 12.2 Å². The molecule has 2 unspecified atom stereocenters. The van der Waals surface area contributed by atoms with Gasteiger partial charge in [-0.05, 0) is 24.0 Å². The van der Waals surface area contributed by atoms with Crippen LogP contribution < -0.4 is 0 Å². The molecule has 0 bridgehead atoms. The predicted molar refractivity (Wildman–Crippen MR) is 70.6 cm³/mol. The molecule has 0 aromatic heterocycles. The summed E-state index contributed by atoms with van der Waals surface area (Å²) in [6.45, 7) is 3.85. The zero-order chi connectivity index (χ0) is 12.8. The molecule has 3 heteroatoms. The van der Waals surface area contributed by atoms with Crippen LogP contribution in [0.15, 0.2) is 24.3 Å². The number of aryl methyl sites for hydroxylation is 1. The van der Waals surface area contributed by atoms with E-state index in [0.29, 0.717) is 19.8 Å². The van der Waals surface area contributed by atoms with E-state index in [1.165, 1.54) is 18.4 Å². The Balaban J connectivity index is 1.95. The number of hydrogen-bond acceptors (Lipinski definition) is 3. The third kappa shape index (κ3) is 3.55. The maximum absolute atomic E-state index is 10.2. The van der Waals surface area contributed by atoms with Crippen molar-refractivity contribution >= 4 is 0 Å². The fraction of sp³-hybridized carbons (Fsp3) is 0.600. The topological polar surface area (TPSA) is 38.7 Å². The molecule has 1 heterocycles. The molecule has 1 N–H and O–H groups in total. The van der Waals surface area contributed by atoms with Gasteiger partial charge in [0, 0.05) is 0 Å². The molecule has 1 aromatic carbocycles. The van der Waals surface area contributed by atoms with Crippen LogP contribution in [0, 0.1) is 0 Å². The molecule has 18 heavy (non-hydrogen) atoms. The minimum absolute atomic E-state index is 0.236. The van der Waals surface area contributed by atoms with E-state index in [-0.39, 0.29) is 6.10 Å². The molecule has 1 aliphatic heterocycles. The third-order valence-corrected chi connectivity index (χ3v) is 3.33. The van der Waals surface area contributed by atoms with E-state index in [0.717, 1.165) is 12.0 Å². The number of hydrogen-bond donors (Lipinski definition) is 1. The van der Waals surface area contributed by atoms with Crippen LogP contribution in [0.3, 0.4) is 0 Å². The Morgan fingerprint density at radius 2 is 2.06 bits per heavy atom. The van der Waals surface area contributed by atoms with Crippen molar-refractivity contribution in [2.75, 3.05) is 19.8 Å². The summed E-state index contributed by atoms with van der Waals surface area (Å²) in [5, 5.41) is 10.2. The smallest absolute Gasteiger partial charge is 0.111 e. The summed E-state index contributed by atoms with van der Waals surface area (Å²) < 4.78 is 10.8. The van der Waals surface area contributed by atoms with Crippen LogP contribution in [0.4, 0.5) is 0 Å². The lowest BCUT2D eigenvalue weighted by Crippen LogP contribution is -2.33. The molecule has 1 fully saturated rings. The largest absolute Gasteiger partial charge is 0.386 e. The standard InChI is InChI=1S/C15H22O3/c1-2-3-4-12-5-7-13(8-6-12)15(16)14-11-17-9-10-18-14/h5-8,14-16H,2-4,9-11H2,1H3. The highest BCUT2D eigenvalue weighted by Gasteiger charge is 2.24. The second kappa shape index (κ2) is 6.88. The van der Waals surface area contributed by atoms with Crippen molar-refractivity contribution in [3.8, 4) is 0 Å². The van der Waals surface area contributed by atoms with Gasteiger partial charge in [0.05, 0.1) is 19.8 Å². The van der Waals surface area contributed by atoms with Gasteiger partial charge in [0.25, 0.3) is 0 Å². The Kier molecular flexibility index (Phi) is 5.17. The molecular formula is C15H22O3. The Morgan fingerprint density at radius 1 is 1.28 bits per heavy atom. The van der Waals surface area contributed by atoms with Gasteiger partial charge in [-0.15, -0.1) is 0 Å². The van der Waals surface area contributed by atoms with Crippen molar-refractivity contribution in [2.45, 2.75) is 38.4 Å². The Morgan fingerprint density at radius 3 is 2.67 bits per heavy atom. The van der Waals surface area contributed by atoms with Crippen molar-refractivity contribution in [1.82, 2.24) is 0 Å². The summed E-state index contributed by atoms with van der Waals surface area (Å²) in [5.41, 5.74) is 2.24. The van der Waals surface area contributed by atoms with E-state index in [1.54, 1.807) is 0 Å². The Hall–Kier alpha value is -0.900. The predicted octanol–water partition coefficient (Wildman–Crippen LogP) is 2.48. The first-order chi connectivity index (χ1) is 8.81. The van der Waals surface area contributed by atoms with Gasteiger partial charge in [-0.3, -0.25) is 0 Å². The van der Waals surface area contributed by atoms with Gasteiger partial charge in [-0.2, -0.15) is 0 Å². The van der Waals surface area contributed by atoms with Crippen molar-refractivity contribution in [3.63, 3.8) is 0 Å². The van der Waals surface area contributed by atoms with E-state index in [4.69, 9.17) is 9.47 Å². The van der Waals surface area contributed by atoms with Crippen LogP contribution in [-0.2, 0) is 15.9 Å². The van der Waals surface area contributed by atoms with Crippen LogP contribution in [-0.4, -0.2) is 31.0 Å². The number of unbranched alkanes of at least 4 members (excludes halogenated alkanes) is 1. The molecule has 1 saturated heterocycles. The van der Waals surface area contributed by atoms with E-state index in [9.17, 15) is 5.11 Å². The van der Waals surface area contributed by atoms with Gasteiger partial charge < -0.3 is 14.6 Å². The highest BCUT2D eigenvalue weighted by molar-refractivity contribution is 5.25. The Labute approximate surface area is 109 Å². The first kappa shape index (κ1) is 13.5. The molecule has 1 aliphatic rings. The molecule has 0 saturated carbocycles. The van der Waals surface area contributed by atoms with Gasteiger partial charge in [0.15, 0.2) is 0 Å². The second-order valence-electron chi connectivity index (χ2n) is 4.77. The van der Waals surface area contributed by atoms with Crippen LogP contribution in [0.5, 0.6) is 0 Å². The number of rotatable bonds is 5. The van der Waals surface area contributed by atoms with Crippen molar-refractivity contribution in [1.29, 1.82) is 0 Å². The lowest BCUT2D eigenvalue weighted by molar-refractivity contribution is -0.133. The molecule has 0 spiro atoms. The maximum Gasteiger partial charge on any atom is 0.111 e. The molecular weight excluding hydrogens is 228 g/mol. The van der Waals surface area contributed by atoms with E-state index >= 15 is 0 Å². The number of aliphatic hydroxyl groups is 1. The molecule has 2 rings (SSSR count). The molecule has 0 aliphatic carbocycles. The minimum atomic E-state index is -0.592. The highest BCUT2D eigenvalue weighted by atomic mass is 16.6. The quantitative estimate of drug-likeness (QED) is 0.872. The SMILES string of the molecule is CCCCc1ccc(C(O)C2COCCO2)cc1. The van der Waals surface area contributed by atoms with Gasteiger partial charge in [-0.1, -0.05) is 37.6 Å². The zero-order valence-electron chi connectivity index (χ0n) is 11.0. The minimum Gasteiger partial charge on any atom is -0.386 e. The monoisotopic (exact) mass is 250 g/mol. The zero-order valence-corrected chi connectivity index (χ0v) is 11.0. The summed E-state index contributed by atoms with van der Waals surface area (Å²) >= 11 is 0. The van der Waals surface area contributed by atoms with Crippen molar-refractivity contribution < 1.29 is 14.6 Å². The Bertz CT molecular complexity index is 341. The van der Waals surface area contributed by atoms with Gasteiger partial charge >= 0.3 is 0 Å². The molecule has 0 amide bonds. The van der Waals surface area contributed by atoms with Crippen LogP contribution in [0.2, 0.25) is 0 Å². The molecule has 1 aromatic rings. The second-order valence-corrected chi connectivity index (χ2v) is 4.77. The number of ether oxygens (including phenoxy) is 2. The third-order valence-electron chi connectivity index (χ3n) is 3.33. The number of aliphatic hydroxyl groups excluding tert-OH is 1. The first-order valence-corrected chi connectivity index (χ1v) is 6.77. The van der Waals surface area contributed by atoms with Crippen molar-refractivity contribution in [2.24, 2.45) is 0 Å².